The Kier molecular flexibility index (Phi) is 21.3. The molecule has 0 unspecified atom stereocenters. The number of amides is 1. The molecular weight excluding hydrogens is 834 g/mol. The topological polar surface area (TPSA) is 207 Å². The highest BCUT2D eigenvalue weighted by Gasteiger charge is 2.43. The first kappa shape index (κ1) is 50.0. The third kappa shape index (κ3) is 18.6. The molecule has 0 aromatic heterocycles. The standard InChI is InChI=1S/C20H26N2O5S.C12H11ClO5S.C7H13NO2S/c1-15(23)26-11-4-5-12-27-17-8-6-16(7-9-17)14-22-10-13-28-20(2,3)18(22)19(24)21-25;1-10(14)17-8-2-3-9-18-11-4-6-12(7-5-11)19(13,15)16;1-7(2)5(6(9)10)8-3-4-11-7/h6-9,18,25H,10-14H2,1-3H3,(H,21,24);4-7H,8-9H2,1H3;5,8H,3-4H2,1-2H3,(H,9,10)/t18-;;5-/m0.0/s1. The number of benzene rings is 2. The van der Waals surface area contributed by atoms with Gasteiger partial charge in [-0.05, 0) is 69.7 Å². The second-order valence-electron chi connectivity index (χ2n) is 13.4. The van der Waals surface area contributed by atoms with Crippen LogP contribution in [0.4, 0.5) is 0 Å². The lowest BCUT2D eigenvalue weighted by molar-refractivity contribution is -0.141. The van der Waals surface area contributed by atoms with Crippen LogP contribution in [0.2, 0.25) is 0 Å². The smallest absolute Gasteiger partial charge is 0.322 e. The number of aliphatic carboxylic acids is 1. The molecule has 318 valence electrons. The minimum absolute atomic E-state index is 0.00228. The van der Waals surface area contributed by atoms with Crippen LogP contribution in [0.15, 0.2) is 53.4 Å². The minimum Gasteiger partial charge on any atom is -0.481 e. The van der Waals surface area contributed by atoms with E-state index in [1.54, 1.807) is 29.0 Å². The Morgan fingerprint density at radius 3 is 1.74 bits per heavy atom. The summed E-state index contributed by atoms with van der Waals surface area (Å²) in [5, 5.41) is 20.9. The van der Waals surface area contributed by atoms with Crippen molar-refractivity contribution >= 4 is 67.1 Å². The fourth-order valence-corrected chi connectivity index (χ4v) is 8.49. The van der Waals surface area contributed by atoms with E-state index in [2.05, 4.69) is 38.6 Å². The van der Waals surface area contributed by atoms with E-state index in [9.17, 15) is 27.6 Å². The number of carboxylic acid groups (broad SMARTS) is 1. The van der Waals surface area contributed by atoms with Crippen molar-refractivity contribution in [3.8, 4) is 35.2 Å². The highest BCUT2D eigenvalue weighted by molar-refractivity contribution is 8.13. The van der Waals surface area contributed by atoms with Crippen molar-refractivity contribution in [1.29, 1.82) is 0 Å². The number of hydroxylamine groups is 1. The van der Waals surface area contributed by atoms with Gasteiger partial charge in [0.15, 0.2) is 13.2 Å². The van der Waals surface area contributed by atoms with Gasteiger partial charge in [0, 0.05) is 65.2 Å². The highest BCUT2D eigenvalue weighted by Crippen LogP contribution is 2.36. The van der Waals surface area contributed by atoms with Crippen LogP contribution in [-0.2, 0) is 44.2 Å². The van der Waals surface area contributed by atoms with Gasteiger partial charge in [0.2, 0.25) is 0 Å². The lowest BCUT2D eigenvalue weighted by Gasteiger charge is -2.44. The van der Waals surface area contributed by atoms with Gasteiger partial charge in [-0.3, -0.25) is 29.3 Å². The summed E-state index contributed by atoms with van der Waals surface area (Å²) < 4.78 is 41.6. The summed E-state index contributed by atoms with van der Waals surface area (Å²) in [6.07, 6.45) is 0. The molecule has 0 saturated carbocycles. The van der Waals surface area contributed by atoms with Gasteiger partial charge in [0.25, 0.3) is 15.0 Å². The number of thioether (sulfide) groups is 2. The van der Waals surface area contributed by atoms with Crippen LogP contribution >= 0.6 is 34.2 Å². The summed E-state index contributed by atoms with van der Waals surface area (Å²) in [6.45, 7) is 13.1. The average molecular weight is 884 g/mol. The van der Waals surface area contributed by atoms with Gasteiger partial charge in [-0.1, -0.05) is 35.8 Å². The third-order valence-electron chi connectivity index (χ3n) is 8.08. The normalized spacial score (nSPS) is 17.9. The first-order valence-electron chi connectivity index (χ1n) is 17.8. The van der Waals surface area contributed by atoms with Crippen LogP contribution in [0.25, 0.3) is 0 Å². The molecule has 2 fully saturated rings. The molecule has 1 amide bonds. The number of carbonyl (C=O) groups excluding carboxylic acids is 3. The zero-order chi connectivity index (χ0) is 43.4. The molecule has 2 aliphatic rings. The minimum atomic E-state index is -3.72. The second kappa shape index (κ2) is 24.7. The number of halogens is 1. The summed E-state index contributed by atoms with van der Waals surface area (Å²) in [5.41, 5.74) is 2.85. The number of hydrogen-bond acceptors (Lipinski definition) is 15. The Bertz CT molecular complexity index is 1910. The van der Waals surface area contributed by atoms with Crippen LogP contribution < -0.4 is 20.3 Å². The lowest BCUT2D eigenvalue weighted by atomic mass is 9.99. The van der Waals surface area contributed by atoms with Crippen molar-refractivity contribution in [2.75, 3.05) is 51.0 Å². The molecule has 4 N–H and O–H groups in total. The quantitative estimate of drug-likeness (QED) is 0.0829. The van der Waals surface area contributed by atoms with E-state index in [1.807, 2.05) is 52.0 Å². The number of carboxylic acids is 1. The molecule has 2 aliphatic heterocycles. The molecule has 0 aliphatic carbocycles. The number of nitrogens with zero attached hydrogens (tertiary/aromatic N) is 1. The van der Waals surface area contributed by atoms with Crippen molar-refractivity contribution in [3.63, 3.8) is 0 Å². The maximum Gasteiger partial charge on any atom is 0.322 e. The average Bonchev–Trinajstić information content (AvgIpc) is 3.14. The first-order valence-corrected chi connectivity index (χ1v) is 22.0. The molecule has 2 aromatic carbocycles. The van der Waals surface area contributed by atoms with Crippen LogP contribution in [0.3, 0.4) is 0 Å². The van der Waals surface area contributed by atoms with Crippen LogP contribution in [0.1, 0.15) is 47.1 Å². The monoisotopic (exact) mass is 883 g/mol. The summed E-state index contributed by atoms with van der Waals surface area (Å²) in [6, 6.07) is 12.4. The summed E-state index contributed by atoms with van der Waals surface area (Å²) in [4.78, 5) is 46.0. The molecule has 2 heterocycles. The van der Waals surface area contributed by atoms with Crippen molar-refractivity contribution in [1.82, 2.24) is 15.7 Å². The van der Waals surface area contributed by atoms with Gasteiger partial charge in [0.1, 0.15) is 36.8 Å². The molecule has 2 aromatic rings. The predicted octanol–water partition coefficient (Wildman–Crippen LogP) is 3.95. The molecule has 4 rings (SSSR count). The Labute approximate surface area is 353 Å². The first-order chi connectivity index (χ1) is 27.3. The van der Waals surface area contributed by atoms with Crippen LogP contribution in [0.5, 0.6) is 11.5 Å². The zero-order valence-corrected chi connectivity index (χ0v) is 36.4. The molecule has 15 nitrogen and oxygen atoms in total. The molecular formula is C39H50ClN3O12S3. The van der Waals surface area contributed by atoms with E-state index in [4.69, 9.17) is 35.2 Å². The number of esters is 2. The number of hydrogen-bond donors (Lipinski definition) is 4. The maximum atomic E-state index is 12.2. The zero-order valence-electron chi connectivity index (χ0n) is 33.2. The largest absolute Gasteiger partial charge is 0.481 e. The van der Waals surface area contributed by atoms with Gasteiger partial charge in [-0.2, -0.15) is 23.5 Å². The third-order valence-corrected chi connectivity index (χ3v) is 12.2. The fraction of sp³-hybridized carbons (Fsp3) is 0.487. The summed E-state index contributed by atoms with van der Waals surface area (Å²) in [7, 11) is 1.45. The maximum absolute atomic E-state index is 12.2. The molecule has 0 bridgehead atoms. The van der Waals surface area contributed by atoms with Gasteiger partial charge in [-0.15, -0.1) is 0 Å². The van der Waals surface area contributed by atoms with Gasteiger partial charge in [-0.25, -0.2) is 13.9 Å². The molecule has 2 atom stereocenters. The molecule has 0 spiro atoms. The summed E-state index contributed by atoms with van der Waals surface area (Å²) in [5.74, 6) is 11.9. The van der Waals surface area contributed by atoms with E-state index >= 15 is 0 Å². The van der Waals surface area contributed by atoms with Gasteiger partial charge in [0.05, 0.1) is 4.90 Å². The van der Waals surface area contributed by atoms with Gasteiger partial charge < -0.3 is 29.4 Å². The Morgan fingerprint density at radius 2 is 1.31 bits per heavy atom. The van der Waals surface area contributed by atoms with Crippen LogP contribution in [-0.4, -0.2) is 120 Å². The second-order valence-corrected chi connectivity index (χ2v) is 19.4. The van der Waals surface area contributed by atoms with Crippen molar-refractivity contribution in [2.45, 2.75) is 74.6 Å². The van der Waals surface area contributed by atoms with Crippen molar-refractivity contribution < 1.29 is 56.9 Å². The molecule has 0 radical (unpaired) electrons. The van der Waals surface area contributed by atoms with Gasteiger partial charge >= 0.3 is 17.9 Å². The van der Waals surface area contributed by atoms with E-state index in [1.165, 1.54) is 38.1 Å². The Balaban J connectivity index is 0.000000332. The number of rotatable bonds is 11. The number of carbonyl (C=O) groups is 4. The summed E-state index contributed by atoms with van der Waals surface area (Å²) >= 11 is 3.44. The molecule has 19 heteroatoms. The molecule has 2 saturated heterocycles. The van der Waals surface area contributed by atoms with E-state index in [-0.39, 0.29) is 52.7 Å². The van der Waals surface area contributed by atoms with E-state index in [0.717, 1.165) is 30.2 Å². The molecule has 58 heavy (non-hydrogen) atoms. The van der Waals surface area contributed by atoms with E-state index < -0.39 is 33.1 Å². The SMILES string of the molecule is CC(=O)OCC#CCOc1ccc(CN2CCSC(C)(C)[C@@H]2C(=O)NO)cc1.CC(=O)OCC#CCOc1ccc(S(=O)(=O)Cl)cc1.CC1(C)SCCN[C@H]1C(=O)O. The van der Waals surface area contributed by atoms with E-state index in [0.29, 0.717) is 18.0 Å². The number of ether oxygens (including phenoxy) is 4. The Hall–Kier alpha value is -4.14. The fourth-order valence-electron chi connectivity index (χ4n) is 5.36. The lowest BCUT2D eigenvalue weighted by Crippen LogP contribution is -2.59. The highest BCUT2D eigenvalue weighted by atomic mass is 35.7. The predicted molar refractivity (Wildman–Crippen MR) is 222 cm³/mol. The van der Waals surface area contributed by atoms with Crippen molar-refractivity contribution in [2.24, 2.45) is 0 Å². The Morgan fingerprint density at radius 1 is 0.828 bits per heavy atom. The van der Waals surface area contributed by atoms with Crippen molar-refractivity contribution in [3.05, 3.63) is 54.1 Å². The number of nitrogens with one attached hydrogen (secondary N) is 2. The van der Waals surface area contributed by atoms with Crippen LogP contribution in [0, 0.1) is 23.7 Å².